The monoisotopic (exact) mass is 298 g/mol. The van der Waals surface area contributed by atoms with Gasteiger partial charge in [-0.2, -0.15) is 0 Å². The van der Waals surface area contributed by atoms with E-state index in [0.29, 0.717) is 12.5 Å². The Morgan fingerprint density at radius 2 is 2.10 bits per heavy atom. The highest BCUT2D eigenvalue weighted by Crippen LogP contribution is 2.18. The molecule has 1 fully saturated rings. The highest BCUT2D eigenvalue weighted by atomic mass is 32.2. The van der Waals surface area contributed by atoms with Crippen molar-refractivity contribution in [2.24, 2.45) is 5.92 Å². The van der Waals surface area contributed by atoms with Gasteiger partial charge >= 0.3 is 0 Å². The van der Waals surface area contributed by atoms with Gasteiger partial charge in [-0.15, -0.1) is 0 Å². The number of pyridine rings is 1. The summed E-state index contributed by atoms with van der Waals surface area (Å²) >= 11 is 0. The zero-order chi connectivity index (χ0) is 14.4. The van der Waals surface area contributed by atoms with E-state index in [4.69, 9.17) is 4.74 Å². The minimum absolute atomic E-state index is 0.222. The molecule has 0 unspecified atom stereocenters. The number of sulfone groups is 1. The van der Waals surface area contributed by atoms with E-state index < -0.39 is 9.84 Å². The number of rotatable bonds is 6. The highest BCUT2D eigenvalue weighted by Gasteiger charge is 2.12. The van der Waals surface area contributed by atoms with E-state index in [2.05, 4.69) is 10.3 Å². The maximum Gasteiger partial charge on any atom is 0.213 e. The van der Waals surface area contributed by atoms with Gasteiger partial charge in [0.15, 0.2) is 9.84 Å². The molecule has 0 atom stereocenters. The second-order valence-corrected chi connectivity index (χ2v) is 7.30. The molecule has 0 amide bonds. The molecular weight excluding hydrogens is 276 g/mol. The number of nitrogens with zero attached hydrogens (tertiary/aromatic N) is 1. The molecule has 2 heterocycles. The van der Waals surface area contributed by atoms with Crippen molar-refractivity contribution in [3.63, 3.8) is 0 Å². The van der Waals surface area contributed by atoms with Gasteiger partial charge in [-0.1, -0.05) is 0 Å². The van der Waals surface area contributed by atoms with Gasteiger partial charge < -0.3 is 10.1 Å². The number of hydrogen-bond acceptors (Lipinski definition) is 5. The van der Waals surface area contributed by atoms with E-state index >= 15 is 0 Å². The van der Waals surface area contributed by atoms with Crippen LogP contribution in [0.4, 0.5) is 0 Å². The number of aromatic nitrogens is 1. The maximum atomic E-state index is 11.3. The number of nitrogens with one attached hydrogen (secondary N) is 1. The quantitative estimate of drug-likeness (QED) is 0.809. The fourth-order valence-electron chi connectivity index (χ4n) is 2.39. The third-order valence-electron chi connectivity index (χ3n) is 3.60. The van der Waals surface area contributed by atoms with Crippen LogP contribution in [0, 0.1) is 5.92 Å². The van der Waals surface area contributed by atoms with E-state index in [0.717, 1.165) is 25.4 Å². The van der Waals surface area contributed by atoms with Crippen molar-refractivity contribution in [1.82, 2.24) is 10.3 Å². The molecule has 0 radical (unpaired) electrons. The summed E-state index contributed by atoms with van der Waals surface area (Å²) in [6, 6.07) is 3.14. The Hall–Kier alpha value is -1.14. The average Bonchev–Trinajstić information content (AvgIpc) is 2.44. The SMILES string of the molecule is CS(=O)(=O)c1ccc(OCCCC2CCNCC2)nc1. The molecule has 1 N–H and O–H groups in total. The number of piperidine rings is 1. The minimum atomic E-state index is -3.18. The molecule has 6 heteroatoms. The van der Waals surface area contributed by atoms with E-state index in [1.54, 1.807) is 6.07 Å². The first kappa shape index (κ1) is 15.3. The van der Waals surface area contributed by atoms with Gasteiger partial charge in [-0.25, -0.2) is 13.4 Å². The first-order valence-corrected chi connectivity index (χ1v) is 8.94. The molecule has 1 aromatic heterocycles. The summed E-state index contributed by atoms with van der Waals surface area (Å²) in [5.74, 6) is 1.29. The minimum Gasteiger partial charge on any atom is -0.478 e. The lowest BCUT2D eigenvalue weighted by Gasteiger charge is -2.22. The molecule has 0 bridgehead atoms. The smallest absolute Gasteiger partial charge is 0.213 e. The van der Waals surface area contributed by atoms with Crippen LogP contribution in [0.25, 0.3) is 0 Å². The molecule has 1 saturated heterocycles. The van der Waals surface area contributed by atoms with Crippen LogP contribution in [0.15, 0.2) is 23.2 Å². The van der Waals surface area contributed by atoms with Crippen LogP contribution >= 0.6 is 0 Å². The molecule has 112 valence electrons. The number of hydrogen-bond donors (Lipinski definition) is 1. The Morgan fingerprint density at radius 1 is 1.35 bits per heavy atom. The Morgan fingerprint density at radius 3 is 2.70 bits per heavy atom. The van der Waals surface area contributed by atoms with Crippen molar-refractivity contribution in [3.05, 3.63) is 18.3 Å². The largest absolute Gasteiger partial charge is 0.478 e. The topological polar surface area (TPSA) is 68.3 Å². The molecule has 1 aliphatic heterocycles. The lowest BCUT2D eigenvalue weighted by atomic mass is 9.93. The van der Waals surface area contributed by atoms with Crippen LogP contribution in [0.1, 0.15) is 25.7 Å². The molecule has 20 heavy (non-hydrogen) atoms. The molecule has 5 nitrogen and oxygen atoms in total. The van der Waals surface area contributed by atoms with Gasteiger partial charge in [0.2, 0.25) is 5.88 Å². The van der Waals surface area contributed by atoms with E-state index in [1.807, 2.05) is 0 Å². The van der Waals surface area contributed by atoms with Crippen molar-refractivity contribution in [1.29, 1.82) is 0 Å². The van der Waals surface area contributed by atoms with Crippen LogP contribution < -0.4 is 10.1 Å². The second kappa shape index (κ2) is 7.04. The third kappa shape index (κ3) is 4.76. The molecule has 0 aliphatic carbocycles. The lowest BCUT2D eigenvalue weighted by Crippen LogP contribution is -2.27. The zero-order valence-corrected chi connectivity index (χ0v) is 12.7. The Labute approximate surface area is 120 Å². The summed E-state index contributed by atoms with van der Waals surface area (Å²) in [6.07, 6.45) is 7.22. The van der Waals surface area contributed by atoms with Gasteiger partial charge in [0.1, 0.15) is 0 Å². The Bertz CT molecular complexity index is 508. The standard InChI is InChI=1S/C14H22N2O3S/c1-20(17,18)13-4-5-14(16-11-13)19-10-2-3-12-6-8-15-9-7-12/h4-5,11-12,15H,2-3,6-10H2,1H3. The molecule has 2 rings (SSSR count). The fourth-order valence-corrected chi connectivity index (χ4v) is 2.95. The van der Waals surface area contributed by atoms with Crippen molar-refractivity contribution in [2.75, 3.05) is 26.0 Å². The summed E-state index contributed by atoms with van der Waals surface area (Å²) in [7, 11) is -3.18. The lowest BCUT2D eigenvalue weighted by molar-refractivity contribution is 0.266. The average molecular weight is 298 g/mol. The van der Waals surface area contributed by atoms with Crippen molar-refractivity contribution < 1.29 is 13.2 Å². The highest BCUT2D eigenvalue weighted by molar-refractivity contribution is 7.90. The molecule has 1 aromatic rings. The Balaban J connectivity index is 1.71. The van der Waals surface area contributed by atoms with Gasteiger partial charge in [0, 0.05) is 18.5 Å². The van der Waals surface area contributed by atoms with Crippen LogP contribution in [0.5, 0.6) is 5.88 Å². The van der Waals surface area contributed by atoms with E-state index in [-0.39, 0.29) is 4.90 Å². The van der Waals surface area contributed by atoms with Crippen molar-refractivity contribution in [2.45, 2.75) is 30.6 Å². The van der Waals surface area contributed by atoms with Gasteiger partial charge in [0.25, 0.3) is 0 Å². The molecule has 0 spiro atoms. The van der Waals surface area contributed by atoms with Crippen molar-refractivity contribution >= 4 is 9.84 Å². The summed E-state index contributed by atoms with van der Waals surface area (Å²) in [5, 5.41) is 3.36. The van der Waals surface area contributed by atoms with Crippen LogP contribution in [0.2, 0.25) is 0 Å². The van der Waals surface area contributed by atoms with Gasteiger partial charge in [-0.3, -0.25) is 0 Å². The Kier molecular flexibility index (Phi) is 5.37. The third-order valence-corrected chi connectivity index (χ3v) is 4.70. The van der Waals surface area contributed by atoms with Crippen LogP contribution in [-0.2, 0) is 9.84 Å². The normalized spacial score (nSPS) is 17.1. The van der Waals surface area contributed by atoms with E-state index in [1.165, 1.54) is 37.8 Å². The summed E-state index contributed by atoms with van der Waals surface area (Å²) in [6.45, 7) is 2.88. The predicted molar refractivity (Wildman–Crippen MR) is 77.7 cm³/mol. The summed E-state index contributed by atoms with van der Waals surface area (Å²) in [5.41, 5.74) is 0. The summed E-state index contributed by atoms with van der Waals surface area (Å²) < 4.78 is 28.1. The maximum absolute atomic E-state index is 11.3. The van der Waals surface area contributed by atoms with Crippen LogP contribution in [0.3, 0.4) is 0 Å². The van der Waals surface area contributed by atoms with E-state index in [9.17, 15) is 8.42 Å². The summed E-state index contributed by atoms with van der Waals surface area (Å²) in [4.78, 5) is 4.24. The zero-order valence-electron chi connectivity index (χ0n) is 11.8. The molecule has 1 aliphatic rings. The first-order chi connectivity index (χ1) is 9.55. The second-order valence-electron chi connectivity index (χ2n) is 5.29. The predicted octanol–water partition coefficient (Wildman–Crippen LogP) is 1.64. The van der Waals surface area contributed by atoms with Crippen LogP contribution in [-0.4, -0.2) is 39.4 Å². The first-order valence-electron chi connectivity index (χ1n) is 7.05. The fraction of sp³-hybridized carbons (Fsp3) is 0.643. The van der Waals surface area contributed by atoms with Gasteiger partial charge in [-0.05, 0) is 50.8 Å². The van der Waals surface area contributed by atoms with Gasteiger partial charge in [0.05, 0.1) is 11.5 Å². The molecule has 0 aromatic carbocycles. The molecular formula is C14H22N2O3S. The molecule has 0 saturated carbocycles. The number of ether oxygens (including phenoxy) is 1. The van der Waals surface area contributed by atoms with Crippen molar-refractivity contribution in [3.8, 4) is 5.88 Å².